The maximum Gasteiger partial charge on any atom is 0.276 e. The van der Waals surface area contributed by atoms with Crippen LogP contribution in [0.5, 0.6) is 0 Å². The predicted molar refractivity (Wildman–Crippen MR) is 90.4 cm³/mol. The third-order valence-corrected chi connectivity index (χ3v) is 6.02. The molecule has 1 saturated heterocycles. The first kappa shape index (κ1) is 16.7. The van der Waals surface area contributed by atoms with Crippen molar-refractivity contribution in [3.63, 3.8) is 0 Å². The summed E-state index contributed by atoms with van der Waals surface area (Å²) in [6.07, 6.45) is 0.477. The zero-order valence-electron chi connectivity index (χ0n) is 13.7. The van der Waals surface area contributed by atoms with Crippen LogP contribution in [0.15, 0.2) is 34.7 Å². The predicted octanol–water partition coefficient (Wildman–Crippen LogP) is 2.30. The molecular formula is C17H20N2O4S. The van der Waals surface area contributed by atoms with E-state index in [9.17, 15) is 13.2 Å². The Hall–Kier alpha value is -2.15. The Kier molecular flexibility index (Phi) is 4.45. The summed E-state index contributed by atoms with van der Waals surface area (Å²) in [7, 11) is -3.05. The number of oxazole rings is 1. The minimum atomic E-state index is -3.05. The molecule has 0 N–H and O–H groups in total. The van der Waals surface area contributed by atoms with Gasteiger partial charge in [0.05, 0.1) is 11.5 Å². The molecule has 0 radical (unpaired) electrons. The van der Waals surface area contributed by atoms with Crippen molar-refractivity contribution in [1.29, 1.82) is 0 Å². The summed E-state index contributed by atoms with van der Waals surface area (Å²) in [4.78, 5) is 18.8. The highest BCUT2D eigenvalue weighted by Crippen LogP contribution is 2.24. The molecule has 0 aliphatic carbocycles. The van der Waals surface area contributed by atoms with Crippen molar-refractivity contribution in [2.45, 2.75) is 26.3 Å². The van der Waals surface area contributed by atoms with Crippen molar-refractivity contribution in [3.8, 4) is 11.5 Å². The van der Waals surface area contributed by atoms with Crippen molar-refractivity contribution in [3.05, 3.63) is 41.8 Å². The summed E-state index contributed by atoms with van der Waals surface area (Å²) in [6, 6.07) is 9.08. The molecule has 1 aliphatic heterocycles. The average Bonchev–Trinajstić information content (AvgIpc) is 3.11. The third-order valence-electron chi connectivity index (χ3n) is 4.27. The second kappa shape index (κ2) is 6.39. The number of sulfone groups is 1. The Balaban J connectivity index is 1.88. The largest absolute Gasteiger partial charge is 0.441 e. The lowest BCUT2D eigenvalue weighted by Crippen LogP contribution is -2.41. The first-order chi connectivity index (χ1) is 11.4. The van der Waals surface area contributed by atoms with Crippen LogP contribution in [0, 0.1) is 6.92 Å². The number of aryl methyl sites for hydroxylation is 1. The van der Waals surface area contributed by atoms with Gasteiger partial charge in [-0.2, -0.15) is 0 Å². The van der Waals surface area contributed by atoms with Gasteiger partial charge in [-0.1, -0.05) is 18.2 Å². The lowest BCUT2D eigenvalue weighted by Gasteiger charge is -2.26. The Morgan fingerprint density at radius 1 is 1.33 bits per heavy atom. The Labute approximate surface area is 141 Å². The fourth-order valence-corrected chi connectivity index (χ4v) is 4.75. The van der Waals surface area contributed by atoms with Crippen LogP contribution in [-0.4, -0.2) is 48.3 Å². The van der Waals surface area contributed by atoms with Gasteiger partial charge in [-0.3, -0.25) is 4.79 Å². The second-order valence-electron chi connectivity index (χ2n) is 5.94. The summed E-state index contributed by atoms with van der Waals surface area (Å²) in [5.41, 5.74) is 1.05. The zero-order valence-corrected chi connectivity index (χ0v) is 14.5. The van der Waals surface area contributed by atoms with Crippen LogP contribution in [0.2, 0.25) is 0 Å². The zero-order chi connectivity index (χ0) is 17.3. The molecule has 1 aromatic heterocycles. The number of aromatic nitrogens is 1. The Bertz CT molecular complexity index is 843. The fraction of sp³-hybridized carbons (Fsp3) is 0.412. The molecule has 1 fully saturated rings. The maximum atomic E-state index is 12.8. The van der Waals surface area contributed by atoms with Gasteiger partial charge in [-0.15, -0.1) is 0 Å². The molecule has 1 unspecified atom stereocenters. The van der Waals surface area contributed by atoms with E-state index in [-0.39, 0.29) is 29.1 Å². The van der Waals surface area contributed by atoms with Crippen LogP contribution < -0.4 is 0 Å². The number of hydrogen-bond acceptors (Lipinski definition) is 5. The van der Waals surface area contributed by atoms with E-state index < -0.39 is 9.84 Å². The highest BCUT2D eigenvalue weighted by molar-refractivity contribution is 7.91. The lowest BCUT2D eigenvalue weighted by atomic mass is 10.2. The molecule has 6 nitrogen and oxygen atoms in total. The number of carbonyl (C=O) groups excluding carboxylic acids is 1. The van der Waals surface area contributed by atoms with Crippen LogP contribution in [0.1, 0.15) is 29.6 Å². The number of hydrogen-bond donors (Lipinski definition) is 0. The topological polar surface area (TPSA) is 80.5 Å². The van der Waals surface area contributed by atoms with E-state index in [0.717, 1.165) is 5.56 Å². The molecule has 1 atom stereocenters. The van der Waals surface area contributed by atoms with E-state index in [0.29, 0.717) is 24.6 Å². The first-order valence-corrected chi connectivity index (χ1v) is 9.77. The monoisotopic (exact) mass is 348 g/mol. The number of carbonyl (C=O) groups is 1. The van der Waals surface area contributed by atoms with Crippen molar-refractivity contribution in [2.75, 3.05) is 18.1 Å². The van der Waals surface area contributed by atoms with Gasteiger partial charge in [0, 0.05) is 18.2 Å². The SMILES string of the molecule is CCN(C(=O)c1nc(-c2ccccc2)oc1C)C1CCS(=O)(=O)C1. The minimum Gasteiger partial charge on any atom is -0.441 e. The second-order valence-corrected chi connectivity index (χ2v) is 8.17. The molecule has 128 valence electrons. The van der Waals surface area contributed by atoms with Gasteiger partial charge < -0.3 is 9.32 Å². The van der Waals surface area contributed by atoms with Crippen molar-refractivity contribution in [2.24, 2.45) is 0 Å². The maximum absolute atomic E-state index is 12.8. The van der Waals surface area contributed by atoms with E-state index in [1.807, 2.05) is 37.3 Å². The lowest BCUT2D eigenvalue weighted by molar-refractivity contribution is 0.0701. The van der Waals surface area contributed by atoms with Crippen LogP contribution in [0.4, 0.5) is 0 Å². The summed E-state index contributed by atoms with van der Waals surface area (Å²) in [6.45, 7) is 3.98. The molecule has 24 heavy (non-hydrogen) atoms. The van der Waals surface area contributed by atoms with E-state index in [2.05, 4.69) is 4.98 Å². The number of nitrogens with zero attached hydrogens (tertiary/aromatic N) is 2. The van der Waals surface area contributed by atoms with E-state index in [4.69, 9.17) is 4.42 Å². The van der Waals surface area contributed by atoms with E-state index in [1.165, 1.54) is 0 Å². The molecule has 0 spiro atoms. The standard InChI is InChI=1S/C17H20N2O4S/c1-3-19(14-9-10-24(21,22)11-14)17(20)15-12(2)23-16(18-15)13-7-5-4-6-8-13/h4-8,14H,3,9-11H2,1-2H3. The van der Waals surface area contributed by atoms with Gasteiger partial charge in [0.25, 0.3) is 5.91 Å². The highest BCUT2D eigenvalue weighted by Gasteiger charge is 2.35. The van der Waals surface area contributed by atoms with Crippen LogP contribution in [0.25, 0.3) is 11.5 Å². The number of benzene rings is 1. The molecule has 1 amide bonds. The molecule has 0 bridgehead atoms. The summed E-state index contributed by atoms with van der Waals surface area (Å²) in [5, 5.41) is 0. The summed E-state index contributed by atoms with van der Waals surface area (Å²) < 4.78 is 29.1. The van der Waals surface area contributed by atoms with E-state index in [1.54, 1.807) is 11.8 Å². The Morgan fingerprint density at radius 2 is 2.04 bits per heavy atom. The van der Waals surface area contributed by atoms with Gasteiger partial charge in [-0.05, 0) is 32.4 Å². The molecule has 3 rings (SSSR count). The van der Waals surface area contributed by atoms with Gasteiger partial charge in [0.2, 0.25) is 5.89 Å². The van der Waals surface area contributed by atoms with Gasteiger partial charge in [0.15, 0.2) is 15.5 Å². The van der Waals surface area contributed by atoms with Gasteiger partial charge in [-0.25, -0.2) is 13.4 Å². The van der Waals surface area contributed by atoms with Crippen molar-refractivity contribution < 1.29 is 17.6 Å². The van der Waals surface area contributed by atoms with E-state index >= 15 is 0 Å². The molecule has 2 heterocycles. The fourth-order valence-electron chi connectivity index (χ4n) is 3.02. The molecule has 2 aromatic rings. The van der Waals surface area contributed by atoms with Gasteiger partial charge >= 0.3 is 0 Å². The smallest absolute Gasteiger partial charge is 0.276 e. The highest BCUT2D eigenvalue weighted by atomic mass is 32.2. The summed E-state index contributed by atoms with van der Waals surface area (Å²) >= 11 is 0. The molecule has 0 saturated carbocycles. The Morgan fingerprint density at radius 3 is 2.62 bits per heavy atom. The minimum absolute atomic E-state index is 0.0228. The number of rotatable bonds is 4. The van der Waals surface area contributed by atoms with Crippen molar-refractivity contribution in [1.82, 2.24) is 9.88 Å². The summed E-state index contributed by atoms with van der Waals surface area (Å²) in [5.74, 6) is 0.719. The molecular weight excluding hydrogens is 328 g/mol. The van der Waals surface area contributed by atoms with Crippen LogP contribution >= 0.6 is 0 Å². The van der Waals surface area contributed by atoms with Crippen molar-refractivity contribution >= 4 is 15.7 Å². The normalized spacial score (nSPS) is 19.3. The van der Waals surface area contributed by atoms with Crippen LogP contribution in [0.3, 0.4) is 0 Å². The average molecular weight is 348 g/mol. The quantitative estimate of drug-likeness (QED) is 0.847. The van der Waals surface area contributed by atoms with Gasteiger partial charge in [0.1, 0.15) is 5.76 Å². The first-order valence-electron chi connectivity index (χ1n) is 7.95. The molecule has 7 heteroatoms. The number of amides is 1. The molecule has 1 aromatic carbocycles. The molecule has 1 aliphatic rings. The third kappa shape index (κ3) is 3.21. The van der Waals surface area contributed by atoms with Crippen LogP contribution in [-0.2, 0) is 9.84 Å².